The lowest BCUT2D eigenvalue weighted by Gasteiger charge is -2.31. The Hall–Kier alpha value is -2.28. The largest absolute Gasteiger partial charge is 0.419 e. The van der Waals surface area contributed by atoms with Gasteiger partial charge in [-0.1, -0.05) is 0 Å². The summed E-state index contributed by atoms with van der Waals surface area (Å²) in [4.78, 5) is 14.1. The average molecular weight is 344 g/mol. The van der Waals surface area contributed by atoms with Gasteiger partial charge in [-0.05, 0) is 49.9 Å². The van der Waals surface area contributed by atoms with Gasteiger partial charge in [-0.3, -0.25) is 9.69 Å². The summed E-state index contributed by atoms with van der Waals surface area (Å²) in [6, 6.07) is 6.28. The fraction of sp³-hybridized carbons (Fsp3) is 0.500. The van der Waals surface area contributed by atoms with E-state index < -0.39 is 0 Å². The quantitative estimate of drug-likeness (QED) is 0.902. The van der Waals surface area contributed by atoms with Crippen molar-refractivity contribution in [2.75, 3.05) is 13.1 Å². The first kappa shape index (κ1) is 16.2. The highest BCUT2D eigenvalue weighted by atomic mass is 19.1. The molecule has 1 saturated carbocycles. The molecule has 1 aliphatic carbocycles. The summed E-state index contributed by atoms with van der Waals surface area (Å²) in [7, 11) is 0. The number of piperidine rings is 1. The second-order valence-electron chi connectivity index (χ2n) is 6.84. The van der Waals surface area contributed by atoms with E-state index in [2.05, 4.69) is 20.4 Å². The highest BCUT2D eigenvalue weighted by Gasteiger charge is 2.31. The molecular weight excluding hydrogens is 323 g/mol. The lowest BCUT2D eigenvalue weighted by molar-refractivity contribution is -0.123. The SMILES string of the molecule is O=C(NC1CCN(Cc2nnc(-c3ccc(F)cc3)o2)CC1)C1CC1. The third-order valence-corrected chi connectivity index (χ3v) is 4.80. The van der Waals surface area contributed by atoms with Crippen LogP contribution in [-0.4, -0.2) is 40.1 Å². The normalized spacial score (nSPS) is 19.1. The van der Waals surface area contributed by atoms with Crippen LogP contribution in [0.1, 0.15) is 31.6 Å². The van der Waals surface area contributed by atoms with Crippen LogP contribution in [-0.2, 0) is 11.3 Å². The smallest absolute Gasteiger partial charge is 0.247 e. The van der Waals surface area contributed by atoms with Crippen molar-refractivity contribution in [1.82, 2.24) is 20.4 Å². The second-order valence-corrected chi connectivity index (χ2v) is 6.84. The molecule has 4 rings (SSSR count). The highest BCUT2D eigenvalue weighted by Crippen LogP contribution is 2.29. The molecule has 2 aromatic rings. The van der Waals surface area contributed by atoms with E-state index in [0.717, 1.165) is 38.8 Å². The molecule has 1 aromatic carbocycles. The molecule has 1 aliphatic heterocycles. The standard InChI is InChI=1S/C18H21FN4O2/c19-14-5-3-13(4-6-14)18-22-21-16(25-18)11-23-9-7-15(8-10-23)20-17(24)12-1-2-12/h3-6,12,15H,1-2,7-11H2,(H,20,24). The molecular formula is C18H21FN4O2. The van der Waals surface area contributed by atoms with E-state index in [1.54, 1.807) is 12.1 Å². The number of benzene rings is 1. The van der Waals surface area contributed by atoms with Crippen LogP contribution in [0.3, 0.4) is 0 Å². The lowest BCUT2D eigenvalue weighted by atomic mass is 10.0. The molecule has 1 saturated heterocycles. The number of aromatic nitrogens is 2. The van der Waals surface area contributed by atoms with Gasteiger partial charge in [0.2, 0.25) is 17.7 Å². The number of rotatable bonds is 5. The third-order valence-electron chi connectivity index (χ3n) is 4.80. The van der Waals surface area contributed by atoms with Crippen LogP contribution in [0.5, 0.6) is 0 Å². The van der Waals surface area contributed by atoms with Gasteiger partial charge in [-0.25, -0.2) is 4.39 Å². The van der Waals surface area contributed by atoms with Gasteiger partial charge in [0.25, 0.3) is 0 Å². The topological polar surface area (TPSA) is 71.3 Å². The summed E-state index contributed by atoms with van der Waals surface area (Å²) in [5.41, 5.74) is 0.710. The number of amides is 1. The molecule has 2 heterocycles. The van der Waals surface area contributed by atoms with Gasteiger partial charge < -0.3 is 9.73 Å². The fourth-order valence-corrected chi connectivity index (χ4v) is 3.12. The summed E-state index contributed by atoms with van der Waals surface area (Å²) in [5, 5.41) is 11.3. The fourth-order valence-electron chi connectivity index (χ4n) is 3.12. The van der Waals surface area contributed by atoms with Crippen molar-refractivity contribution < 1.29 is 13.6 Å². The van der Waals surface area contributed by atoms with Crippen molar-refractivity contribution in [3.8, 4) is 11.5 Å². The number of halogens is 1. The maximum atomic E-state index is 13.0. The Kier molecular flexibility index (Phi) is 4.48. The van der Waals surface area contributed by atoms with Crippen molar-refractivity contribution in [3.05, 3.63) is 36.0 Å². The molecule has 7 heteroatoms. The van der Waals surface area contributed by atoms with Gasteiger partial charge in [0.15, 0.2) is 0 Å². The van der Waals surface area contributed by atoms with Crippen molar-refractivity contribution in [1.29, 1.82) is 0 Å². The Morgan fingerprint density at radius 3 is 2.56 bits per heavy atom. The van der Waals surface area contributed by atoms with Gasteiger partial charge >= 0.3 is 0 Å². The number of nitrogens with one attached hydrogen (secondary N) is 1. The number of carbonyl (C=O) groups is 1. The van der Waals surface area contributed by atoms with E-state index in [1.807, 2.05) is 0 Å². The molecule has 2 fully saturated rings. The van der Waals surface area contributed by atoms with Crippen LogP contribution in [0, 0.1) is 11.7 Å². The monoisotopic (exact) mass is 344 g/mol. The van der Waals surface area contributed by atoms with Crippen LogP contribution in [0.15, 0.2) is 28.7 Å². The Labute approximate surface area is 145 Å². The molecule has 1 amide bonds. The molecule has 1 N–H and O–H groups in total. The molecule has 2 aliphatic rings. The lowest BCUT2D eigenvalue weighted by Crippen LogP contribution is -2.44. The van der Waals surface area contributed by atoms with Crippen LogP contribution in [0.4, 0.5) is 4.39 Å². The van der Waals surface area contributed by atoms with Crippen LogP contribution >= 0.6 is 0 Å². The molecule has 0 bridgehead atoms. The first-order valence-corrected chi connectivity index (χ1v) is 8.78. The maximum absolute atomic E-state index is 13.0. The minimum absolute atomic E-state index is 0.222. The zero-order chi connectivity index (χ0) is 17.2. The number of hydrogen-bond acceptors (Lipinski definition) is 5. The summed E-state index contributed by atoms with van der Waals surface area (Å²) >= 11 is 0. The summed E-state index contributed by atoms with van der Waals surface area (Å²) in [5.74, 6) is 1.15. The molecule has 0 radical (unpaired) electrons. The molecule has 132 valence electrons. The van der Waals surface area contributed by atoms with Crippen molar-refractivity contribution in [3.63, 3.8) is 0 Å². The van der Waals surface area contributed by atoms with E-state index >= 15 is 0 Å². The van der Waals surface area contributed by atoms with E-state index in [-0.39, 0.29) is 23.7 Å². The minimum atomic E-state index is -0.292. The Morgan fingerprint density at radius 2 is 1.88 bits per heavy atom. The maximum Gasteiger partial charge on any atom is 0.247 e. The van der Waals surface area contributed by atoms with Crippen molar-refractivity contribution in [2.24, 2.45) is 5.92 Å². The van der Waals surface area contributed by atoms with Gasteiger partial charge in [0, 0.05) is 30.6 Å². The molecule has 0 atom stereocenters. The third kappa shape index (κ3) is 4.04. The van der Waals surface area contributed by atoms with Crippen molar-refractivity contribution in [2.45, 2.75) is 38.3 Å². The summed E-state index contributed by atoms with van der Waals surface area (Å²) in [6.07, 6.45) is 3.96. The first-order valence-electron chi connectivity index (χ1n) is 8.78. The zero-order valence-corrected chi connectivity index (χ0v) is 13.9. The van der Waals surface area contributed by atoms with Gasteiger partial charge in [-0.15, -0.1) is 10.2 Å². The summed E-state index contributed by atoms with van der Waals surface area (Å²) in [6.45, 7) is 2.38. The number of carbonyl (C=O) groups excluding carboxylic acids is 1. The van der Waals surface area contributed by atoms with Crippen LogP contribution in [0.2, 0.25) is 0 Å². The second kappa shape index (κ2) is 6.92. The van der Waals surface area contributed by atoms with E-state index in [9.17, 15) is 9.18 Å². The van der Waals surface area contributed by atoms with Crippen molar-refractivity contribution >= 4 is 5.91 Å². The molecule has 0 spiro atoms. The Bertz CT molecular complexity index is 734. The molecule has 0 unspecified atom stereocenters. The average Bonchev–Trinajstić information content (AvgIpc) is 3.38. The number of hydrogen-bond donors (Lipinski definition) is 1. The predicted molar refractivity (Wildman–Crippen MR) is 88.9 cm³/mol. The zero-order valence-electron chi connectivity index (χ0n) is 13.9. The van der Waals surface area contributed by atoms with Gasteiger partial charge in [0.1, 0.15) is 5.82 Å². The molecule has 25 heavy (non-hydrogen) atoms. The number of likely N-dealkylation sites (tertiary alicyclic amines) is 1. The van der Waals surface area contributed by atoms with Crippen LogP contribution in [0.25, 0.3) is 11.5 Å². The van der Waals surface area contributed by atoms with Gasteiger partial charge in [-0.2, -0.15) is 0 Å². The van der Waals surface area contributed by atoms with Gasteiger partial charge in [0.05, 0.1) is 6.54 Å². The molecule has 1 aromatic heterocycles. The van der Waals surface area contributed by atoms with E-state index in [0.29, 0.717) is 23.9 Å². The first-order chi connectivity index (χ1) is 12.2. The van der Waals surface area contributed by atoms with E-state index in [1.165, 1.54) is 12.1 Å². The highest BCUT2D eigenvalue weighted by molar-refractivity contribution is 5.81. The van der Waals surface area contributed by atoms with Crippen LogP contribution < -0.4 is 5.32 Å². The Balaban J connectivity index is 1.28. The minimum Gasteiger partial charge on any atom is -0.419 e. The Morgan fingerprint density at radius 1 is 1.16 bits per heavy atom. The molecule has 6 nitrogen and oxygen atoms in total. The number of nitrogens with zero attached hydrogens (tertiary/aromatic N) is 3. The predicted octanol–water partition coefficient (Wildman–Crippen LogP) is 2.37. The van der Waals surface area contributed by atoms with E-state index in [4.69, 9.17) is 4.42 Å². The summed E-state index contributed by atoms with van der Waals surface area (Å²) < 4.78 is 18.7.